The third-order valence-corrected chi connectivity index (χ3v) is 1.95. The van der Waals surface area contributed by atoms with E-state index in [1.165, 1.54) is 18.2 Å². The first-order valence-electron chi connectivity index (χ1n) is 3.67. The topological polar surface area (TPSA) is 63.2 Å². The molecule has 0 fully saturated rings. The van der Waals surface area contributed by atoms with E-state index >= 15 is 0 Å². The van der Waals surface area contributed by atoms with Crippen molar-refractivity contribution in [2.45, 2.75) is 0 Å². The first-order valence-corrected chi connectivity index (χ1v) is 5.56. The highest BCUT2D eigenvalue weighted by Crippen LogP contribution is 2.05. The largest absolute Gasteiger partial charge is 0.268 e. The summed E-state index contributed by atoms with van der Waals surface area (Å²) >= 11 is 0. The number of amides is 1. The summed E-state index contributed by atoms with van der Waals surface area (Å²) in [6.45, 7) is 0. The first kappa shape index (κ1) is 10.6. The molecular formula is C8H8FNO3S. The molecule has 0 saturated heterocycles. The highest BCUT2D eigenvalue weighted by Gasteiger charge is 2.14. The Labute approximate surface area is 80.8 Å². The Morgan fingerprint density at radius 1 is 1.36 bits per heavy atom. The molecule has 1 N–H and O–H groups in total. The molecule has 1 rings (SSSR count). The van der Waals surface area contributed by atoms with E-state index in [0.717, 1.165) is 12.3 Å². The van der Waals surface area contributed by atoms with Gasteiger partial charge in [0.25, 0.3) is 5.91 Å². The second kappa shape index (κ2) is 3.75. The molecule has 1 amide bonds. The molecule has 0 spiro atoms. The normalized spacial score (nSPS) is 11.0. The molecule has 0 saturated carbocycles. The van der Waals surface area contributed by atoms with Crippen LogP contribution in [0.5, 0.6) is 0 Å². The summed E-state index contributed by atoms with van der Waals surface area (Å²) in [5, 5.41) is 0. The number of rotatable bonds is 2. The highest BCUT2D eigenvalue weighted by atomic mass is 32.2. The van der Waals surface area contributed by atoms with Crippen LogP contribution in [-0.2, 0) is 10.0 Å². The Kier molecular flexibility index (Phi) is 2.85. The minimum absolute atomic E-state index is 0.294. The van der Waals surface area contributed by atoms with Gasteiger partial charge in [-0.3, -0.25) is 4.79 Å². The molecular weight excluding hydrogens is 209 g/mol. The molecule has 1 aromatic rings. The first-order chi connectivity index (χ1) is 6.40. The number of carbonyl (C=O) groups excluding carboxylic acids is 1. The monoisotopic (exact) mass is 217 g/mol. The highest BCUT2D eigenvalue weighted by molar-refractivity contribution is 7.89. The average molecular weight is 217 g/mol. The van der Waals surface area contributed by atoms with Gasteiger partial charge in [-0.05, 0) is 12.1 Å². The Bertz CT molecular complexity index is 455. The Balaban J connectivity index is 2.97. The van der Waals surface area contributed by atoms with Crippen LogP contribution in [0.4, 0.5) is 4.39 Å². The number of sulfonamides is 1. The predicted octanol–water partition coefficient (Wildman–Crippen LogP) is 0.515. The number of nitrogens with one attached hydrogen (secondary N) is 1. The molecule has 0 aliphatic carbocycles. The Morgan fingerprint density at radius 3 is 2.43 bits per heavy atom. The van der Waals surface area contributed by atoms with Gasteiger partial charge in [-0.25, -0.2) is 17.5 Å². The average Bonchev–Trinajstić information content (AvgIpc) is 2.01. The van der Waals surface area contributed by atoms with Crippen molar-refractivity contribution < 1.29 is 17.6 Å². The van der Waals surface area contributed by atoms with E-state index in [1.807, 2.05) is 0 Å². The number of carbonyl (C=O) groups is 1. The molecule has 0 unspecified atom stereocenters. The summed E-state index contributed by atoms with van der Waals surface area (Å²) in [7, 11) is -3.65. The van der Waals surface area contributed by atoms with Crippen LogP contribution in [0.25, 0.3) is 0 Å². The maximum atomic E-state index is 13.0. The number of benzene rings is 1. The Morgan fingerprint density at radius 2 is 1.93 bits per heavy atom. The fourth-order valence-corrected chi connectivity index (χ4v) is 1.32. The van der Waals surface area contributed by atoms with Gasteiger partial charge >= 0.3 is 0 Å². The van der Waals surface area contributed by atoms with E-state index in [4.69, 9.17) is 0 Å². The van der Waals surface area contributed by atoms with Crippen LogP contribution >= 0.6 is 0 Å². The molecule has 0 aliphatic rings. The summed E-state index contributed by atoms with van der Waals surface area (Å²) in [5.41, 5.74) is -0.294. The van der Waals surface area contributed by atoms with Gasteiger partial charge in [0.15, 0.2) is 0 Å². The van der Waals surface area contributed by atoms with Gasteiger partial charge in [-0.1, -0.05) is 12.1 Å². The lowest BCUT2D eigenvalue weighted by molar-refractivity contribution is 0.0978. The molecule has 0 aliphatic heterocycles. The molecule has 0 bridgehead atoms. The molecule has 0 aromatic heterocycles. The summed E-state index contributed by atoms with van der Waals surface area (Å²) in [6, 6.07) is 5.14. The number of hydrogen-bond acceptors (Lipinski definition) is 3. The minimum Gasteiger partial charge on any atom is -0.268 e. The fourth-order valence-electron chi connectivity index (χ4n) is 0.869. The van der Waals surface area contributed by atoms with Crippen molar-refractivity contribution in [1.29, 1.82) is 0 Å². The van der Waals surface area contributed by atoms with Crippen LogP contribution in [0.3, 0.4) is 0 Å². The van der Waals surface area contributed by atoms with Gasteiger partial charge in [0.05, 0.1) is 11.8 Å². The summed E-state index contributed by atoms with van der Waals surface area (Å²) in [5.74, 6) is -1.72. The molecule has 6 heteroatoms. The van der Waals surface area contributed by atoms with Crippen LogP contribution in [0.15, 0.2) is 24.3 Å². The quantitative estimate of drug-likeness (QED) is 0.785. The number of halogens is 1. The summed E-state index contributed by atoms with van der Waals surface area (Å²) in [6.07, 6.45) is 0.825. The maximum absolute atomic E-state index is 13.0. The van der Waals surface area contributed by atoms with E-state index in [9.17, 15) is 17.6 Å². The van der Waals surface area contributed by atoms with Crippen LogP contribution < -0.4 is 4.72 Å². The zero-order valence-electron chi connectivity index (χ0n) is 7.32. The molecule has 76 valence electrons. The summed E-state index contributed by atoms with van der Waals surface area (Å²) in [4.78, 5) is 11.2. The second-order valence-electron chi connectivity index (χ2n) is 2.68. The van der Waals surface area contributed by atoms with E-state index in [0.29, 0.717) is 0 Å². The maximum Gasteiger partial charge on any atom is 0.267 e. The molecule has 0 heterocycles. The van der Waals surface area contributed by atoms with Crippen LogP contribution in [0, 0.1) is 5.82 Å². The lowest BCUT2D eigenvalue weighted by Gasteiger charge is -2.02. The standard InChI is InChI=1S/C8H8FNO3S/c1-14(12,13)10-8(11)6-4-2-3-5-7(6)9/h2-5H,1H3,(H,10,11). The SMILES string of the molecule is CS(=O)(=O)NC(=O)c1ccccc1F. The minimum atomic E-state index is -3.65. The van der Waals surface area contributed by atoms with Crippen LogP contribution in [0.2, 0.25) is 0 Å². The Hall–Kier alpha value is -1.43. The molecule has 1 aromatic carbocycles. The third kappa shape index (κ3) is 2.81. The van der Waals surface area contributed by atoms with Crippen LogP contribution in [0.1, 0.15) is 10.4 Å². The van der Waals surface area contributed by atoms with Crippen molar-refractivity contribution in [3.63, 3.8) is 0 Å². The van der Waals surface area contributed by atoms with Crippen molar-refractivity contribution >= 4 is 15.9 Å². The van der Waals surface area contributed by atoms with Crippen LogP contribution in [-0.4, -0.2) is 20.6 Å². The van der Waals surface area contributed by atoms with Gasteiger partial charge in [0, 0.05) is 0 Å². The van der Waals surface area contributed by atoms with Crippen molar-refractivity contribution in [2.24, 2.45) is 0 Å². The van der Waals surface area contributed by atoms with E-state index in [-0.39, 0.29) is 5.56 Å². The number of hydrogen-bond donors (Lipinski definition) is 1. The smallest absolute Gasteiger partial charge is 0.267 e. The summed E-state index contributed by atoms with van der Waals surface area (Å²) < 4.78 is 36.0. The molecule has 0 radical (unpaired) electrons. The third-order valence-electron chi connectivity index (χ3n) is 1.40. The van der Waals surface area contributed by atoms with Gasteiger partial charge in [-0.15, -0.1) is 0 Å². The predicted molar refractivity (Wildman–Crippen MR) is 48.7 cm³/mol. The fraction of sp³-hybridized carbons (Fsp3) is 0.125. The van der Waals surface area contributed by atoms with Crippen molar-refractivity contribution in [2.75, 3.05) is 6.26 Å². The van der Waals surface area contributed by atoms with E-state index in [1.54, 1.807) is 4.72 Å². The van der Waals surface area contributed by atoms with Gasteiger partial charge in [-0.2, -0.15) is 0 Å². The molecule has 4 nitrogen and oxygen atoms in total. The van der Waals surface area contributed by atoms with Gasteiger partial charge in [0.1, 0.15) is 5.82 Å². The van der Waals surface area contributed by atoms with Gasteiger partial charge < -0.3 is 0 Å². The molecule has 14 heavy (non-hydrogen) atoms. The second-order valence-corrected chi connectivity index (χ2v) is 4.43. The zero-order chi connectivity index (χ0) is 10.8. The van der Waals surface area contributed by atoms with Crippen molar-refractivity contribution in [3.8, 4) is 0 Å². The van der Waals surface area contributed by atoms with E-state index < -0.39 is 21.7 Å². The van der Waals surface area contributed by atoms with E-state index in [2.05, 4.69) is 0 Å². The molecule has 0 atom stereocenters. The van der Waals surface area contributed by atoms with Gasteiger partial charge in [0.2, 0.25) is 10.0 Å². The lowest BCUT2D eigenvalue weighted by atomic mass is 10.2. The van der Waals surface area contributed by atoms with Crippen molar-refractivity contribution in [1.82, 2.24) is 4.72 Å². The van der Waals surface area contributed by atoms with Crippen molar-refractivity contribution in [3.05, 3.63) is 35.6 Å². The zero-order valence-corrected chi connectivity index (χ0v) is 8.14. The lowest BCUT2D eigenvalue weighted by Crippen LogP contribution is -2.29.